The standard InChI is InChI=1S/C41H72N2O3.2BrH/c1-3-5-7-9-11-13-15-17-19-21-23-25-33-45-40-29-27-31-42(37-40)35-39(44)36-43-32-28-30-41(38-43)46-34-26-24-22-20-18-16-14-12-10-8-6-4-2;;/h27-32,37-39,44H,3-26,33-36H2,1-2H3;2*1H/q+2;;/p-2. The molecule has 0 aromatic carbocycles. The summed E-state index contributed by atoms with van der Waals surface area (Å²) in [5, 5.41) is 10.8. The molecule has 0 atom stereocenters. The van der Waals surface area contributed by atoms with Crippen LogP contribution in [0.15, 0.2) is 49.1 Å². The second kappa shape index (κ2) is 34.3. The number of hydrogen-bond donors (Lipinski definition) is 1. The van der Waals surface area contributed by atoms with Crippen LogP contribution in [0.4, 0.5) is 0 Å². The van der Waals surface area contributed by atoms with E-state index < -0.39 is 6.10 Å². The lowest BCUT2D eigenvalue weighted by Crippen LogP contribution is -3.00. The number of aliphatic hydroxyl groups excluding tert-OH is 1. The van der Waals surface area contributed by atoms with Gasteiger partial charge < -0.3 is 48.5 Å². The number of ether oxygens (including phenoxy) is 2. The Morgan fingerprint density at radius 1 is 0.479 bits per heavy atom. The number of rotatable bonds is 32. The smallest absolute Gasteiger partial charge is 0.211 e. The van der Waals surface area contributed by atoms with Crippen LogP contribution in [0.2, 0.25) is 0 Å². The maximum Gasteiger partial charge on any atom is 0.211 e. The molecular formula is C41H72Br2N2O3. The van der Waals surface area contributed by atoms with E-state index >= 15 is 0 Å². The van der Waals surface area contributed by atoms with Crippen LogP contribution in [-0.4, -0.2) is 24.4 Å². The molecule has 0 amide bonds. The van der Waals surface area contributed by atoms with Crippen LogP contribution >= 0.6 is 0 Å². The van der Waals surface area contributed by atoms with E-state index in [0.29, 0.717) is 13.1 Å². The summed E-state index contributed by atoms with van der Waals surface area (Å²) in [6.07, 6.45) is 39.9. The highest BCUT2D eigenvalue weighted by atomic mass is 79.9. The first-order valence-corrected chi connectivity index (χ1v) is 19.6. The van der Waals surface area contributed by atoms with Crippen molar-refractivity contribution in [1.29, 1.82) is 0 Å². The minimum absolute atomic E-state index is 0. The Kier molecular flexibility index (Phi) is 33.4. The molecule has 0 radical (unpaired) electrons. The number of hydrogen-bond acceptors (Lipinski definition) is 3. The van der Waals surface area contributed by atoms with Crippen molar-refractivity contribution in [2.75, 3.05) is 13.2 Å². The van der Waals surface area contributed by atoms with Gasteiger partial charge in [0.05, 0.1) is 13.2 Å². The lowest BCUT2D eigenvalue weighted by molar-refractivity contribution is -0.738. The number of nitrogens with zero attached hydrogens (tertiary/aromatic N) is 2. The summed E-state index contributed by atoms with van der Waals surface area (Å²) in [7, 11) is 0. The predicted molar refractivity (Wildman–Crippen MR) is 192 cm³/mol. The minimum atomic E-state index is -0.506. The van der Waals surface area contributed by atoms with Gasteiger partial charge in [-0.2, -0.15) is 9.13 Å². The first-order valence-electron chi connectivity index (χ1n) is 19.6. The average Bonchev–Trinajstić information content (AvgIpc) is 3.05. The molecule has 278 valence electrons. The van der Waals surface area contributed by atoms with Crippen molar-refractivity contribution < 1.29 is 57.7 Å². The van der Waals surface area contributed by atoms with Gasteiger partial charge in [0, 0.05) is 12.1 Å². The Labute approximate surface area is 317 Å². The molecule has 0 spiro atoms. The van der Waals surface area contributed by atoms with E-state index in [2.05, 4.69) is 13.8 Å². The number of pyridine rings is 2. The van der Waals surface area contributed by atoms with E-state index in [1.54, 1.807) is 0 Å². The van der Waals surface area contributed by atoms with Crippen molar-refractivity contribution in [3.8, 4) is 11.5 Å². The van der Waals surface area contributed by atoms with Gasteiger partial charge in [-0.1, -0.05) is 155 Å². The lowest BCUT2D eigenvalue weighted by Gasteiger charge is -2.08. The summed E-state index contributed by atoms with van der Waals surface area (Å²) in [5.74, 6) is 1.75. The number of unbranched alkanes of at least 4 members (excludes halogenated alkanes) is 22. The van der Waals surface area contributed by atoms with Crippen LogP contribution in [-0.2, 0) is 13.1 Å². The van der Waals surface area contributed by atoms with Gasteiger partial charge in [0.2, 0.25) is 12.4 Å². The van der Waals surface area contributed by atoms with E-state index in [4.69, 9.17) is 9.47 Å². The van der Waals surface area contributed by atoms with Crippen molar-refractivity contribution in [3.05, 3.63) is 49.1 Å². The zero-order valence-corrected chi connectivity index (χ0v) is 34.1. The van der Waals surface area contributed by atoms with Gasteiger partial charge in [-0.15, -0.1) is 0 Å². The van der Waals surface area contributed by atoms with E-state index in [1.807, 2.05) is 58.2 Å². The Morgan fingerprint density at radius 3 is 1.08 bits per heavy atom. The molecule has 2 heterocycles. The summed E-state index contributed by atoms with van der Waals surface area (Å²) in [6, 6.07) is 8.02. The molecule has 0 aliphatic rings. The Bertz CT molecular complexity index is 889. The average molecular weight is 801 g/mol. The molecular weight excluding hydrogens is 728 g/mol. The normalized spacial score (nSPS) is 10.9. The lowest BCUT2D eigenvalue weighted by atomic mass is 10.1. The van der Waals surface area contributed by atoms with Gasteiger partial charge in [0.25, 0.3) is 0 Å². The Morgan fingerprint density at radius 2 is 0.771 bits per heavy atom. The zero-order chi connectivity index (χ0) is 32.8. The van der Waals surface area contributed by atoms with Crippen molar-refractivity contribution in [3.63, 3.8) is 0 Å². The molecule has 0 fully saturated rings. The predicted octanol–water partition coefficient (Wildman–Crippen LogP) is 4.49. The topological polar surface area (TPSA) is 46.5 Å². The first kappa shape index (κ1) is 46.8. The summed E-state index contributed by atoms with van der Waals surface area (Å²) < 4.78 is 16.1. The number of aromatic nitrogens is 2. The molecule has 0 saturated carbocycles. The zero-order valence-electron chi connectivity index (χ0n) is 30.9. The monoisotopic (exact) mass is 798 g/mol. The molecule has 0 aliphatic heterocycles. The fourth-order valence-corrected chi connectivity index (χ4v) is 6.20. The van der Waals surface area contributed by atoms with Crippen LogP contribution in [0.1, 0.15) is 168 Å². The first-order chi connectivity index (χ1) is 22.7. The molecule has 7 heteroatoms. The van der Waals surface area contributed by atoms with E-state index in [-0.39, 0.29) is 34.0 Å². The second-order valence-corrected chi connectivity index (χ2v) is 13.6. The third kappa shape index (κ3) is 26.7. The van der Waals surface area contributed by atoms with E-state index in [1.165, 1.54) is 141 Å². The van der Waals surface area contributed by atoms with Gasteiger partial charge >= 0.3 is 0 Å². The summed E-state index contributed by atoms with van der Waals surface area (Å²) in [6.45, 7) is 7.12. The second-order valence-electron chi connectivity index (χ2n) is 13.6. The van der Waals surface area contributed by atoms with Crippen LogP contribution in [0.5, 0.6) is 11.5 Å². The molecule has 0 bridgehead atoms. The SMILES string of the molecule is CCCCCCCCCCCCCCOc1ccc[n+](CC(O)C[n+]2cccc(OCCCCCCCCCCCCCC)c2)c1.[Br-].[Br-]. The van der Waals surface area contributed by atoms with Crippen molar-refractivity contribution in [2.24, 2.45) is 0 Å². The van der Waals surface area contributed by atoms with Crippen molar-refractivity contribution in [2.45, 2.75) is 187 Å². The third-order valence-electron chi connectivity index (χ3n) is 9.04. The molecule has 2 rings (SSSR count). The fourth-order valence-electron chi connectivity index (χ4n) is 6.20. The number of aliphatic hydroxyl groups is 1. The van der Waals surface area contributed by atoms with Gasteiger partial charge in [-0.3, -0.25) is 0 Å². The highest BCUT2D eigenvalue weighted by Gasteiger charge is 2.17. The molecule has 2 aromatic heterocycles. The molecule has 1 N–H and O–H groups in total. The van der Waals surface area contributed by atoms with E-state index in [9.17, 15) is 5.11 Å². The maximum absolute atomic E-state index is 10.8. The van der Waals surface area contributed by atoms with Crippen molar-refractivity contribution >= 4 is 0 Å². The van der Waals surface area contributed by atoms with Gasteiger partial charge in [-0.05, 0) is 25.0 Å². The number of halogens is 2. The van der Waals surface area contributed by atoms with Crippen LogP contribution in [0, 0.1) is 0 Å². The highest BCUT2D eigenvalue weighted by molar-refractivity contribution is 5.13. The minimum Gasteiger partial charge on any atom is -1.00 e. The highest BCUT2D eigenvalue weighted by Crippen LogP contribution is 2.14. The Balaban J connectivity index is 0.0000110. The summed E-state index contributed by atoms with van der Waals surface area (Å²) in [4.78, 5) is 0. The van der Waals surface area contributed by atoms with Crippen LogP contribution < -0.4 is 52.6 Å². The van der Waals surface area contributed by atoms with E-state index in [0.717, 1.165) is 37.6 Å². The summed E-state index contributed by atoms with van der Waals surface area (Å²) >= 11 is 0. The molecule has 5 nitrogen and oxygen atoms in total. The van der Waals surface area contributed by atoms with Gasteiger partial charge in [0.1, 0.15) is 0 Å². The molecule has 0 aliphatic carbocycles. The van der Waals surface area contributed by atoms with Crippen LogP contribution in [0.25, 0.3) is 0 Å². The third-order valence-corrected chi connectivity index (χ3v) is 9.04. The summed E-state index contributed by atoms with van der Waals surface area (Å²) in [5.41, 5.74) is 0. The van der Waals surface area contributed by atoms with Crippen LogP contribution in [0.3, 0.4) is 0 Å². The van der Waals surface area contributed by atoms with Crippen molar-refractivity contribution in [1.82, 2.24) is 0 Å². The molecule has 0 saturated heterocycles. The largest absolute Gasteiger partial charge is 1.00 e. The molecule has 48 heavy (non-hydrogen) atoms. The van der Waals surface area contributed by atoms with Gasteiger partial charge in [-0.25, -0.2) is 0 Å². The fraction of sp³-hybridized carbons (Fsp3) is 0.756. The van der Waals surface area contributed by atoms with Gasteiger partial charge in [0.15, 0.2) is 43.1 Å². The molecule has 0 unspecified atom stereocenters. The maximum atomic E-state index is 10.8. The Hall–Kier alpha value is -1.18. The quantitative estimate of drug-likeness (QED) is 0.0878. The molecule has 2 aromatic rings.